The van der Waals surface area contributed by atoms with Crippen LogP contribution in [0.3, 0.4) is 0 Å². The number of halogens is 5. The molecule has 2 nitrogen and oxygen atoms in total. The van der Waals surface area contributed by atoms with Gasteiger partial charge in [0.25, 0.3) is 5.92 Å². The average molecular weight is 226 g/mol. The molecule has 0 aliphatic carbocycles. The summed E-state index contributed by atoms with van der Waals surface area (Å²) in [4.78, 5) is 2.90. The van der Waals surface area contributed by atoms with Crippen LogP contribution in [-0.4, -0.2) is 11.5 Å². The van der Waals surface area contributed by atoms with Gasteiger partial charge in [0.05, 0.1) is 12.1 Å². The van der Waals surface area contributed by atoms with Crippen molar-refractivity contribution in [1.29, 1.82) is 0 Å². The van der Waals surface area contributed by atoms with Crippen molar-refractivity contribution in [2.24, 2.45) is 5.73 Å². The maximum atomic E-state index is 13.0. The Bertz CT molecular complexity index is 347. The fourth-order valence-electron chi connectivity index (χ4n) is 1.04. The number of aromatic nitrogens is 1. The van der Waals surface area contributed by atoms with Gasteiger partial charge in [0.2, 0.25) is 0 Å². The molecule has 1 aromatic heterocycles. The second-order valence-electron chi connectivity index (χ2n) is 2.81. The summed E-state index contributed by atoms with van der Waals surface area (Å²) in [6.07, 6.45) is -4.10. The van der Waals surface area contributed by atoms with Crippen LogP contribution in [0.4, 0.5) is 22.0 Å². The van der Waals surface area contributed by atoms with Gasteiger partial charge >= 0.3 is 6.18 Å². The Kier molecular flexibility index (Phi) is 2.94. The van der Waals surface area contributed by atoms with Gasteiger partial charge in [-0.1, -0.05) is 0 Å². The molecule has 0 amide bonds. The quantitative estimate of drug-likeness (QED) is 0.784. The average Bonchev–Trinajstić information content (AvgIpc) is 2.16. The van der Waals surface area contributed by atoms with E-state index in [9.17, 15) is 22.0 Å². The summed E-state index contributed by atoms with van der Waals surface area (Å²) in [6.45, 7) is -1.19. The molecule has 15 heavy (non-hydrogen) atoms. The van der Waals surface area contributed by atoms with Crippen LogP contribution < -0.4 is 5.73 Å². The molecule has 1 heterocycles. The van der Waals surface area contributed by atoms with E-state index in [1.54, 1.807) is 0 Å². The highest BCUT2D eigenvalue weighted by atomic mass is 19.4. The lowest BCUT2D eigenvalue weighted by Gasteiger charge is -2.18. The van der Waals surface area contributed by atoms with E-state index in [0.717, 1.165) is 12.3 Å². The number of rotatable bonds is 2. The molecule has 1 aromatic rings. The fraction of sp³-hybridized carbons (Fsp3) is 0.375. The van der Waals surface area contributed by atoms with Crippen LogP contribution in [0.15, 0.2) is 18.3 Å². The number of alkyl halides is 5. The predicted octanol–water partition coefficient (Wildman–Crippen LogP) is 2.15. The smallest absolute Gasteiger partial charge is 0.325 e. The zero-order valence-electron chi connectivity index (χ0n) is 7.35. The first-order chi connectivity index (χ1) is 6.79. The molecule has 7 heteroatoms. The van der Waals surface area contributed by atoms with Crippen molar-refractivity contribution in [3.05, 3.63) is 29.6 Å². The molecular weight excluding hydrogens is 219 g/mol. The third-order valence-electron chi connectivity index (χ3n) is 1.73. The summed E-state index contributed by atoms with van der Waals surface area (Å²) in [5, 5.41) is 0. The van der Waals surface area contributed by atoms with Gasteiger partial charge in [0.1, 0.15) is 0 Å². The first-order valence-corrected chi connectivity index (χ1v) is 3.89. The van der Waals surface area contributed by atoms with Crippen LogP contribution in [0, 0.1) is 0 Å². The molecule has 0 radical (unpaired) electrons. The van der Waals surface area contributed by atoms with Gasteiger partial charge in [-0.25, -0.2) is 0 Å². The zero-order chi connectivity index (χ0) is 11.7. The molecule has 0 saturated heterocycles. The molecule has 0 atom stereocenters. The molecule has 0 aliphatic heterocycles. The van der Waals surface area contributed by atoms with E-state index < -0.39 is 29.9 Å². The van der Waals surface area contributed by atoms with Crippen molar-refractivity contribution in [2.75, 3.05) is 6.54 Å². The van der Waals surface area contributed by atoms with E-state index >= 15 is 0 Å². The van der Waals surface area contributed by atoms with Crippen LogP contribution in [0.2, 0.25) is 0 Å². The third-order valence-corrected chi connectivity index (χ3v) is 1.73. The molecule has 0 unspecified atom stereocenters. The molecule has 0 spiro atoms. The van der Waals surface area contributed by atoms with E-state index in [0.29, 0.717) is 6.07 Å². The Morgan fingerprint density at radius 2 is 1.80 bits per heavy atom. The summed E-state index contributed by atoms with van der Waals surface area (Å²) in [5.41, 5.74) is 1.91. The highest BCUT2D eigenvalue weighted by Gasteiger charge is 2.43. The fourth-order valence-corrected chi connectivity index (χ4v) is 1.04. The van der Waals surface area contributed by atoms with Gasteiger partial charge in [0.15, 0.2) is 5.69 Å². The normalized spacial score (nSPS) is 12.9. The van der Waals surface area contributed by atoms with Crippen molar-refractivity contribution in [2.45, 2.75) is 12.1 Å². The van der Waals surface area contributed by atoms with Crippen LogP contribution in [-0.2, 0) is 12.1 Å². The predicted molar refractivity (Wildman–Crippen MR) is 42.2 cm³/mol. The number of hydrogen-bond donors (Lipinski definition) is 1. The van der Waals surface area contributed by atoms with Gasteiger partial charge in [0, 0.05) is 6.20 Å². The van der Waals surface area contributed by atoms with Gasteiger partial charge in [-0.05, 0) is 12.1 Å². The Morgan fingerprint density at radius 1 is 1.20 bits per heavy atom. The first kappa shape index (κ1) is 11.8. The summed E-state index contributed by atoms with van der Waals surface area (Å²) in [6, 6.07) is 1.68. The Morgan fingerprint density at radius 3 is 2.27 bits per heavy atom. The largest absolute Gasteiger partial charge is 0.433 e. The van der Waals surface area contributed by atoms with Gasteiger partial charge in [-0.3, -0.25) is 4.98 Å². The first-order valence-electron chi connectivity index (χ1n) is 3.89. The standard InChI is InChI=1S/C8H7F5N2/c9-7(10,4-14)5-2-1-3-15-6(5)8(11,12)13/h1-3H,4,14H2. The van der Waals surface area contributed by atoms with Crippen molar-refractivity contribution in [3.63, 3.8) is 0 Å². The minimum atomic E-state index is -4.91. The minimum Gasteiger partial charge on any atom is -0.325 e. The molecule has 0 aromatic carbocycles. The summed E-state index contributed by atoms with van der Waals surface area (Å²) < 4.78 is 62.9. The van der Waals surface area contributed by atoms with E-state index in [1.165, 1.54) is 0 Å². The Balaban J connectivity index is 3.31. The van der Waals surface area contributed by atoms with Gasteiger partial charge in [-0.2, -0.15) is 22.0 Å². The number of nitrogens with two attached hydrogens (primary N) is 1. The van der Waals surface area contributed by atoms with Crippen molar-refractivity contribution in [1.82, 2.24) is 4.98 Å². The van der Waals surface area contributed by atoms with E-state index in [1.807, 2.05) is 0 Å². The minimum absolute atomic E-state index is 0.669. The van der Waals surface area contributed by atoms with Crippen molar-refractivity contribution in [3.8, 4) is 0 Å². The number of hydrogen-bond acceptors (Lipinski definition) is 2. The lowest BCUT2D eigenvalue weighted by Crippen LogP contribution is -2.29. The highest BCUT2D eigenvalue weighted by Crippen LogP contribution is 2.37. The Hall–Kier alpha value is -1.24. The second kappa shape index (κ2) is 3.73. The molecule has 0 saturated carbocycles. The van der Waals surface area contributed by atoms with E-state index in [4.69, 9.17) is 5.73 Å². The summed E-state index contributed by atoms with van der Waals surface area (Å²) >= 11 is 0. The highest BCUT2D eigenvalue weighted by molar-refractivity contribution is 5.27. The molecule has 0 aliphatic rings. The van der Waals surface area contributed by atoms with Crippen LogP contribution in [0.5, 0.6) is 0 Å². The monoisotopic (exact) mass is 226 g/mol. The maximum Gasteiger partial charge on any atom is 0.433 e. The lowest BCUT2D eigenvalue weighted by molar-refractivity contribution is -0.145. The van der Waals surface area contributed by atoms with Crippen LogP contribution >= 0.6 is 0 Å². The molecule has 2 N–H and O–H groups in total. The molecule has 0 bridgehead atoms. The second-order valence-corrected chi connectivity index (χ2v) is 2.81. The maximum absolute atomic E-state index is 13.0. The third kappa shape index (κ3) is 2.41. The molecule has 84 valence electrons. The number of nitrogens with zero attached hydrogens (tertiary/aromatic N) is 1. The molecular formula is C8H7F5N2. The van der Waals surface area contributed by atoms with E-state index in [2.05, 4.69) is 4.98 Å². The van der Waals surface area contributed by atoms with Gasteiger partial charge in [-0.15, -0.1) is 0 Å². The van der Waals surface area contributed by atoms with Crippen LogP contribution in [0.1, 0.15) is 11.3 Å². The SMILES string of the molecule is NCC(F)(F)c1cccnc1C(F)(F)F. The van der Waals surface area contributed by atoms with Crippen molar-refractivity contribution >= 4 is 0 Å². The van der Waals surface area contributed by atoms with Crippen LogP contribution in [0.25, 0.3) is 0 Å². The van der Waals surface area contributed by atoms with Crippen molar-refractivity contribution < 1.29 is 22.0 Å². The Labute approximate surface area is 81.9 Å². The molecule has 0 fully saturated rings. The van der Waals surface area contributed by atoms with Gasteiger partial charge < -0.3 is 5.73 Å². The zero-order valence-corrected chi connectivity index (χ0v) is 7.35. The summed E-state index contributed by atoms with van der Waals surface area (Å²) in [5.74, 6) is -3.72. The number of pyridine rings is 1. The van der Waals surface area contributed by atoms with E-state index in [-0.39, 0.29) is 0 Å². The molecule has 1 rings (SSSR count). The lowest BCUT2D eigenvalue weighted by atomic mass is 10.1. The summed E-state index contributed by atoms with van der Waals surface area (Å²) in [7, 11) is 0. The topological polar surface area (TPSA) is 38.9 Å².